The normalized spacial score (nSPS) is 11.9. The van der Waals surface area contributed by atoms with Crippen LogP contribution in [0.5, 0.6) is 0 Å². The molecular formula is C20H12N2Na2O7S2. The number of para-hydroxylation sites is 1. The second-order valence-corrected chi connectivity index (χ2v) is 9.61. The van der Waals surface area contributed by atoms with E-state index in [0.717, 1.165) is 23.6 Å². The molecule has 33 heavy (non-hydrogen) atoms. The number of benzene rings is 3. The van der Waals surface area contributed by atoms with Gasteiger partial charge in [0.05, 0.1) is 10.4 Å². The molecule has 0 fully saturated rings. The molecule has 2 heterocycles. The van der Waals surface area contributed by atoms with E-state index >= 15 is 0 Å². The van der Waals surface area contributed by atoms with Crippen LogP contribution in [0.2, 0.25) is 0 Å². The summed E-state index contributed by atoms with van der Waals surface area (Å²) in [6.45, 7) is 0. The summed E-state index contributed by atoms with van der Waals surface area (Å²) in [6, 6.07) is 15.5. The minimum absolute atomic E-state index is 0. The van der Waals surface area contributed by atoms with Gasteiger partial charge in [0.2, 0.25) is 5.89 Å². The first-order chi connectivity index (χ1) is 14.6. The second kappa shape index (κ2) is 9.34. The van der Waals surface area contributed by atoms with E-state index in [2.05, 4.69) is 9.97 Å². The van der Waals surface area contributed by atoms with Crippen LogP contribution in [0.4, 0.5) is 0 Å². The Morgan fingerprint density at radius 2 is 1.48 bits per heavy atom. The van der Waals surface area contributed by atoms with Crippen molar-refractivity contribution in [2.75, 3.05) is 0 Å². The van der Waals surface area contributed by atoms with Crippen LogP contribution in [0.15, 0.2) is 74.9 Å². The zero-order valence-corrected chi connectivity index (χ0v) is 23.1. The summed E-state index contributed by atoms with van der Waals surface area (Å²) in [5, 5.41) is 1.39. The topological polar surface area (TPSA) is 148 Å². The SMILES string of the molecule is O=S(=O)(O)c1ccc2c(c1)cc(S(=O)(=O)O)c1oc(-c3ccc4ccccc4n3)nc12.[Na].[Na]. The first kappa shape index (κ1) is 26.2. The van der Waals surface area contributed by atoms with E-state index in [0.29, 0.717) is 16.6 Å². The first-order valence-electron chi connectivity index (χ1n) is 8.80. The van der Waals surface area contributed by atoms with Gasteiger partial charge in [-0.25, -0.2) is 9.97 Å². The van der Waals surface area contributed by atoms with Crippen LogP contribution < -0.4 is 0 Å². The molecule has 2 aromatic heterocycles. The number of oxazole rings is 1. The smallest absolute Gasteiger partial charge is 0.298 e. The van der Waals surface area contributed by atoms with E-state index in [9.17, 15) is 25.9 Å². The van der Waals surface area contributed by atoms with Gasteiger partial charge in [-0.15, -0.1) is 0 Å². The predicted molar refractivity (Wildman–Crippen MR) is 123 cm³/mol. The number of fused-ring (bicyclic) bond motifs is 4. The van der Waals surface area contributed by atoms with E-state index in [1.165, 1.54) is 6.07 Å². The molecule has 0 unspecified atom stereocenters. The fourth-order valence-electron chi connectivity index (χ4n) is 3.40. The molecule has 5 rings (SSSR count). The van der Waals surface area contributed by atoms with Gasteiger partial charge in [0.15, 0.2) is 5.58 Å². The number of hydrogen-bond acceptors (Lipinski definition) is 7. The molecular weight excluding hydrogens is 490 g/mol. The van der Waals surface area contributed by atoms with E-state index in [-0.39, 0.29) is 81.5 Å². The van der Waals surface area contributed by atoms with Gasteiger partial charge >= 0.3 is 0 Å². The zero-order valence-electron chi connectivity index (χ0n) is 17.4. The van der Waals surface area contributed by atoms with Crippen LogP contribution in [0.3, 0.4) is 0 Å². The molecule has 0 bridgehead atoms. The van der Waals surface area contributed by atoms with Crippen LogP contribution in [0.25, 0.3) is 44.4 Å². The third-order valence-corrected chi connectivity index (χ3v) is 6.52. The molecule has 0 saturated carbocycles. The summed E-state index contributed by atoms with van der Waals surface area (Å²) < 4.78 is 71.6. The molecule has 13 heteroatoms. The van der Waals surface area contributed by atoms with Gasteiger partial charge in [-0.2, -0.15) is 16.8 Å². The zero-order chi connectivity index (χ0) is 22.0. The summed E-state index contributed by atoms with van der Waals surface area (Å²) in [6.07, 6.45) is 0. The monoisotopic (exact) mass is 502 g/mol. The number of aromatic nitrogens is 2. The predicted octanol–water partition coefficient (Wildman–Crippen LogP) is 2.93. The van der Waals surface area contributed by atoms with Crippen LogP contribution in [0.1, 0.15) is 0 Å². The third kappa shape index (κ3) is 4.89. The van der Waals surface area contributed by atoms with Crippen molar-refractivity contribution in [3.8, 4) is 11.6 Å². The van der Waals surface area contributed by atoms with Crippen molar-refractivity contribution < 1.29 is 30.4 Å². The standard InChI is InChI=1S/C20H12N2O7S2.2Na/c23-30(24,25)13-6-7-14-12(9-13)10-17(31(26,27)28)19-18(14)22-20(29-19)16-8-5-11-3-1-2-4-15(11)21-16;;/h1-10H,(H,23,24,25)(H,26,27,28);;. The van der Waals surface area contributed by atoms with Crippen molar-refractivity contribution in [1.29, 1.82) is 0 Å². The van der Waals surface area contributed by atoms with Gasteiger partial charge in [0.1, 0.15) is 16.1 Å². The molecule has 5 aromatic rings. The second-order valence-electron chi connectivity index (χ2n) is 6.79. The van der Waals surface area contributed by atoms with Gasteiger partial charge in [-0.05, 0) is 35.7 Å². The maximum absolute atomic E-state index is 12.0. The number of rotatable bonds is 3. The Morgan fingerprint density at radius 3 is 2.18 bits per heavy atom. The Kier molecular flexibility index (Phi) is 7.43. The van der Waals surface area contributed by atoms with Crippen molar-refractivity contribution in [3.05, 3.63) is 60.7 Å². The Bertz CT molecular complexity index is 1750. The molecule has 9 nitrogen and oxygen atoms in total. The molecule has 0 atom stereocenters. The molecule has 0 amide bonds. The molecule has 0 aliphatic rings. The molecule has 0 saturated heterocycles. The van der Waals surface area contributed by atoms with Crippen LogP contribution in [0, 0.1) is 0 Å². The van der Waals surface area contributed by atoms with Crippen molar-refractivity contribution >= 4 is 112 Å². The maximum atomic E-state index is 12.0. The van der Waals surface area contributed by atoms with Crippen LogP contribution in [-0.2, 0) is 20.2 Å². The summed E-state index contributed by atoms with van der Waals surface area (Å²) >= 11 is 0. The average molecular weight is 502 g/mol. The summed E-state index contributed by atoms with van der Waals surface area (Å²) in [5.41, 5.74) is 0.926. The minimum Gasteiger partial charge on any atom is -0.433 e. The Morgan fingerprint density at radius 1 is 0.758 bits per heavy atom. The minimum atomic E-state index is -4.74. The fourth-order valence-corrected chi connectivity index (χ4v) is 4.56. The number of nitrogens with zero attached hydrogens (tertiary/aromatic N) is 2. The maximum Gasteiger partial charge on any atom is 0.298 e. The van der Waals surface area contributed by atoms with E-state index in [4.69, 9.17) is 4.42 Å². The fraction of sp³-hybridized carbons (Fsp3) is 0. The summed E-state index contributed by atoms with van der Waals surface area (Å²) in [5.74, 6) is 0.0250. The van der Waals surface area contributed by atoms with Crippen molar-refractivity contribution in [2.45, 2.75) is 9.79 Å². The molecule has 3 aromatic carbocycles. The van der Waals surface area contributed by atoms with E-state index < -0.39 is 30.0 Å². The summed E-state index contributed by atoms with van der Waals surface area (Å²) in [7, 11) is -9.26. The van der Waals surface area contributed by atoms with Crippen molar-refractivity contribution in [2.24, 2.45) is 0 Å². The van der Waals surface area contributed by atoms with Gasteiger partial charge in [0, 0.05) is 69.9 Å². The Labute approximate surface area is 232 Å². The molecule has 2 radical (unpaired) electrons. The van der Waals surface area contributed by atoms with Crippen molar-refractivity contribution in [3.63, 3.8) is 0 Å². The van der Waals surface area contributed by atoms with Gasteiger partial charge in [0.25, 0.3) is 20.2 Å². The molecule has 0 spiro atoms. The average Bonchev–Trinajstić information content (AvgIpc) is 3.16. The van der Waals surface area contributed by atoms with E-state index in [1.807, 2.05) is 24.3 Å². The number of pyridine rings is 1. The quantitative estimate of drug-likeness (QED) is 0.281. The van der Waals surface area contributed by atoms with Gasteiger partial charge < -0.3 is 4.42 Å². The van der Waals surface area contributed by atoms with Gasteiger partial charge in [-0.3, -0.25) is 9.11 Å². The largest absolute Gasteiger partial charge is 0.433 e. The third-order valence-electron chi connectivity index (χ3n) is 4.81. The Hall–Kier alpha value is -1.38. The van der Waals surface area contributed by atoms with Crippen LogP contribution in [-0.4, -0.2) is 95.0 Å². The molecule has 0 aliphatic heterocycles. The summed E-state index contributed by atoms with van der Waals surface area (Å²) in [4.78, 5) is 7.83. The number of hydrogen-bond donors (Lipinski definition) is 2. The van der Waals surface area contributed by atoms with E-state index in [1.54, 1.807) is 12.1 Å². The van der Waals surface area contributed by atoms with Crippen molar-refractivity contribution in [1.82, 2.24) is 9.97 Å². The molecule has 0 aliphatic carbocycles. The first-order valence-corrected chi connectivity index (χ1v) is 11.7. The Balaban J connectivity index is 0.00000153. The van der Waals surface area contributed by atoms with Gasteiger partial charge in [-0.1, -0.05) is 30.3 Å². The van der Waals surface area contributed by atoms with Crippen LogP contribution >= 0.6 is 0 Å². The molecule has 158 valence electrons. The molecule has 2 N–H and O–H groups in total.